The number of hydrogen-bond acceptors (Lipinski definition) is 8. The number of nitrogens with zero attached hydrogens (tertiary/aromatic N) is 4. The molecule has 0 unspecified atom stereocenters. The molecule has 2 fully saturated rings. The second kappa shape index (κ2) is 11.1. The molecule has 0 atom stereocenters. The van der Waals surface area contributed by atoms with Crippen molar-refractivity contribution in [1.29, 1.82) is 0 Å². The molecule has 6 rings (SSSR count). The summed E-state index contributed by atoms with van der Waals surface area (Å²) in [7, 11) is 0. The Morgan fingerprint density at radius 2 is 1.92 bits per heavy atom. The molecule has 39 heavy (non-hydrogen) atoms. The van der Waals surface area contributed by atoms with Crippen LogP contribution in [0.4, 0.5) is 11.4 Å². The summed E-state index contributed by atoms with van der Waals surface area (Å²) in [6, 6.07) is 15.6. The van der Waals surface area contributed by atoms with Gasteiger partial charge < -0.3 is 20.3 Å². The lowest BCUT2D eigenvalue weighted by molar-refractivity contribution is 0.102. The van der Waals surface area contributed by atoms with Crippen LogP contribution < -0.4 is 20.3 Å². The fourth-order valence-corrected chi connectivity index (χ4v) is 6.59. The van der Waals surface area contributed by atoms with Crippen molar-refractivity contribution in [3.63, 3.8) is 0 Å². The van der Waals surface area contributed by atoms with Crippen LogP contribution in [-0.2, 0) is 0 Å². The fraction of sp³-hybridized carbons (Fsp3) is 0.333. The van der Waals surface area contributed by atoms with Gasteiger partial charge in [0.2, 0.25) is 0 Å². The SMILES string of the molecule is Cc1c(Oc2ccccc2)ccc(NC(=O)c2csc(-c3ccnnc3)n2)c1N1CCCC2(CCNCC2)C1. The van der Waals surface area contributed by atoms with Gasteiger partial charge >= 0.3 is 0 Å². The number of nitrogens with one attached hydrogen (secondary N) is 2. The molecular formula is C30H32N6O2S. The first-order valence-corrected chi connectivity index (χ1v) is 14.3. The minimum atomic E-state index is -0.231. The summed E-state index contributed by atoms with van der Waals surface area (Å²) < 4.78 is 6.30. The zero-order chi connectivity index (χ0) is 26.7. The van der Waals surface area contributed by atoms with Gasteiger partial charge in [-0.1, -0.05) is 18.2 Å². The van der Waals surface area contributed by atoms with E-state index in [1.54, 1.807) is 17.8 Å². The normalized spacial score (nSPS) is 16.7. The Labute approximate surface area is 232 Å². The number of amides is 1. The number of benzene rings is 2. The Kier molecular flexibility index (Phi) is 7.26. The van der Waals surface area contributed by atoms with E-state index in [-0.39, 0.29) is 5.91 Å². The fourth-order valence-electron chi connectivity index (χ4n) is 5.79. The summed E-state index contributed by atoms with van der Waals surface area (Å²) in [6.07, 6.45) is 8.01. The molecule has 9 heteroatoms. The van der Waals surface area contributed by atoms with Gasteiger partial charge in [0, 0.05) is 29.6 Å². The first-order valence-electron chi connectivity index (χ1n) is 13.5. The van der Waals surface area contributed by atoms with E-state index in [0.717, 1.165) is 71.6 Å². The molecule has 2 aliphatic heterocycles. The Morgan fingerprint density at radius 1 is 1.08 bits per heavy atom. The van der Waals surface area contributed by atoms with Crippen LogP contribution >= 0.6 is 11.3 Å². The van der Waals surface area contributed by atoms with Crippen LogP contribution in [0.15, 0.2) is 66.3 Å². The summed E-state index contributed by atoms with van der Waals surface area (Å²) in [4.78, 5) is 20.5. The maximum atomic E-state index is 13.4. The number of hydrogen-bond donors (Lipinski definition) is 2. The summed E-state index contributed by atoms with van der Waals surface area (Å²) in [5, 5.41) is 17.0. The molecule has 2 aromatic carbocycles. The van der Waals surface area contributed by atoms with Crippen LogP contribution in [0, 0.1) is 12.3 Å². The van der Waals surface area contributed by atoms with Crippen molar-refractivity contribution in [2.75, 3.05) is 36.4 Å². The lowest BCUT2D eigenvalue weighted by Gasteiger charge is -2.47. The second-order valence-electron chi connectivity index (χ2n) is 10.4. The number of ether oxygens (including phenoxy) is 1. The van der Waals surface area contributed by atoms with Crippen molar-refractivity contribution in [3.8, 4) is 22.1 Å². The average Bonchev–Trinajstić information content (AvgIpc) is 3.47. The topological polar surface area (TPSA) is 92.3 Å². The largest absolute Gasteiger partial charge is 0.457 e. The predicted octanol–water partition coefficient (Wildman–Crippen LogP) is 5.92. The summed E-state index contributed by atoms with van der Waals surface area (Å²) in [6.45, 7) is 6.14. The van der Waals surface area contributed by atoms with E-state index in [2.05, 4.69) is 37.6 Å². The third-order valence-electron chi connectivity index (χ3n) is 7.81. The van der Waals surface area contributed by atoms with E-state index in [1.807, 2.05) is 48.5 Å². The van der Waals surface area contributed by atoms with Crippen molar-refractivity contribution in [2.45, 2.75) is 32.6 Å². The van der Waals surface area contributed by atoms with Crippen molar-refractivity contribution in [3.05, 3.63) is 77.6 Å². The summed E-state index contributed by atoms with van der Waals surface area (Å²) >= 11 is 1.42. The standard InChI is InChI=1S/C30H32N6O2S/c1-21-26(38-23-6-3-2-4-7-23)9-8-24(27(21)36-17-5-11-30(20-36)12-15-31-16-13-30)34-28(37)25-19-39-29(35-25)22-10-14-32-33-18-22/h2-4,6-10,14,18-19,31H,5,11-13,15-17,20H2,1H3,(H,34,37). The van der Waals surface area contributed by atoms with Crippen molar-refractivity contribution in [2.24, 2.45) is 5.41 Å². The van der Waals surface area contributed by atoms with Gasteiger partial charge in [-0.2, -0.15) is 10.2 Å². The minimum Gasteiger partial charge on any atom is -0.457 e. The van der Waals surface area contributed by atoms with Crippen LogP contribution in [0.5, 0.6) is 11.5 Å². The number of anilines is 2. The molecule has 0 saturated carbocycles. The molecule has 2 aliphatic rings. The molecule has 0 aliphatic carbocycles. The van der Waals surface area contributed by atoms with E-state index >= 15 is 0 Å². The maximum Gasteiger partial charge on any atom is 0.275 e. The molecule has 2 saturated heterocycles. The van der Waals surface area contributed by atoms with E-state index in [0.29, 0.717) is 11.1 Å². The molecule has 2 N–H and O–H groups in total. The number of carbonyl (C=O) groups is 1. The first-order chi connectivity index (χ1) is 19.1. The number of aromatic nitrogens is 3. The van der Waals surface area contributed by atoms with Crippen LogP contribution in [0.1, 0.15) is 41.7 Å². The number of thiazole rings is 1. The number of carbonyl (C=O) groups excluding carboxylic acids is 1. The molecule has 4 aromatic rings. The molecule has 1 spiro atoms. The molecule has 8 nitrogen and oxygen atoms in total. The highest BCUT2D eigenvalue weighted by molar-refractivity contribution is 7.13. The Balaban J connectivity index is 1.32. The number of para-hydroxylation sites is 1. The second-order valence-corrected chi connectivity index (χ2v) is 11.3. The molecule has 0 radical (unpaired) electrons. The third kappa shape index (κ3) is 5.51. The van der Waals surface area contributed by atoms with Gasteiger partial charge in [0.25, 0.3) is 5.91 Å². The highest BCUT2D eigenvalue weighted by Crippen LogP contribution is 2.44. The Hall–Kier alpha value is -3.82. The first kappa shape index (κ1) is 25.5. The van der Waals surface area contributed by atoms with Gasteiger partial charge in [-0.25, -0.2) is 4.98 Å². The van der Waals surface area contributed by atoms with Gasteiger partial charge in [0.05, 0.1) is 23.8 Å². The summed E-state index contributed by atoms with van der Waals surface area (Å²) in [5.74, 6) is 1.35. The zero-order valence-corrected chi connectivity index (χ0v) is 22.8. The van der Waals surface area contributed by atoms with Gasteiger partial charge in [0.15, 0.2) is 0 Å². The minimum absolute atomic E-state index is 0.231. The van der Waals surface area contributed by atoms with E-state index in [4.69, 9.17) is 4.74 Å². The molecule has 0 bridgehead atoms. The van der Waals surface area contributed by atoms with E-state index in [1.165, 1.54) is 30.6 Å². The van der Waals surface area contributed by atoms with E-state index < -0.39 is 0 Å². The lowest BCUT2D eigenvalue weighted by Crippen LogP contribution is -2.49. The quantitative estimate of drug-likeness (QED) is 0.313. The molecule has 4 heterocycles. The van der Waals surface area contributed by atoms with Crippen molar-refractivity contribution in [1.82, 2.24) is 20.5 Å². The van der Waals surface area contributed by atoms with E-state index in [9.17, 15) is 4.79 Å². The molecule has 200 valence electrons. The molecular weight excluding hydrogens is 508 g/mol. The highest BCUT2D eigenvalue weighted by atomic mass is 32.1. The predicted molar refractivity (Wildman–Crippen MR) is 155 cm³/mol. The Bertz CT molecular complexity index is 1430. The smallest absolute Gasteiger partial charge is 0.275 e. The van der Waals surface area contributed by atoms with Crippen molar-refractivity contribution >= 4 is 28.6 Å². The van der Waals surface area contributed by atoms with Crippen LogP contribution in [0.2, 0.25) is 0 Å². The van der Waals surface area contributed by atoms with Gasteiger partial charge in [0.1, 0.15) is 22.2 Å². The maximum absolute atomic E-state index is 13.4. The van der Waals surface area contributed by atoms with Crippen LogP contribution in [0.3, 0.4) is 0 Å². The van der Waals surface area contributed by atoms with Gasteiger partial charge in [-0.3, -0.25) is 4.79 Å². The number of rotatable bonds is 6. The van der Waals surface area contributed by atoms with Crippen LogP contribution in [0.25, 0.3) is 10.6 Å². The molecule has 2 aromatic heterocycles. The van der Waals surface area contributed by atoms with Gasteiger partial charge in [-0.05, 0) is 81.4 Å². The van der Waals surface area contributed by atoms with Gasteiger partial charge in [-0.15, -0.1) is 11.3 Å². The Morgan fingerprint density at radius 3 is 2.72 bits per heavy atom. The average molecular weight is 541 g/mol. The van der Waals surface area contributed by atoms with Crippen molar-refractivity contribution < 1.29 is 9.53 Å². The highest BCUT2D eigenvalue weighted by Gasteiger charge is 2.37. The number of piperidine rings is 2. The lowest BCUT2D eigenvalue weighted by atomic mass is 9.72. The summed E-state index contributed by atoms with van der Waals surface area (Å²) in [5.41, 5.74) is 4.36. The monoisotopic (exact) mass is 540 g/mol. The molecule has 1 amide bonds. The van der Waals surface area contributed by atoms with Crippen LogP contribution in [-0.4, -0.2) is 47.3 Å². The third-order valence-corrected chi connectivity index (χ3v) is 8.70. The zero-order valence-electron chi connectivity index (χ0n) is 22.0.